The zero-order valence-corrected chi connectivity index (χ0v) is 27.2. The summed E-state index contributed by atoms with van der Waals surface area (Å²) in [5.41, 5.74) is 0.505. The van der Waals surface area contributed by atoms with Crippen molar-refractivity contribution in [3.05, 3.63) is 98.9 Å². The Labute approximate surface area is 269 Å². The van der Waals surface area contributed by atoms with Crippen LogP contribution in [0.25, 0.3) is 10.8 Å². The average molecular weight is 685 g/mol. The number of aliphatic hydroxyl groups is 1. The number of benzene rings is 2. The van der Waals surface area contributed by atoms with Gasteiger partial charge in [0.15, 0.2) is 6.61 Å². The van der Waals surface area contributed by atoms with Crippen molar-refractivity contribution in [3.63, 3.8) is 0 Å². The van der Waals surface area contributed by atoms with Gasteiger partial charge in [-0.25, -0.2) is 9.59 Å². The third kappa shape index (κ3) is 6.17. The molecule has 0 saturated carbocycles. The molecular formula is C33H34BrNO6S2. The molecule has 226 valence electrons. The number of carbonyl (C=O) groups is 2. The maximum atomic E-state index is 13.5. The Morgan fingerprint density at radius 2 is 1.58 bits per heavy atom. The number of piperidine rings is 1. The molecule has 4 aromatic rings. The lowest BCUT2D eigenvalue weighted by atomic mass is 9.89. The molecule has 2 aromatic heterocycles. The summed E-state index contributed by atoms with van der Waals surface area (Å²) in [7, 11) is 2.27. The second-order valence-electron chi connectivity index (χ2n) is 11.2. The molecule has 0 radical (unpaired) electrons. The highest BCUT2D eigenvalue weighted by Gasteiger charge is 2.51. The Hall–Kier alpha value is -3.02. The van der Waals surface area contributed by atoms with Crippen LogP contribution in [0.1, 0.15) is 36.5 Å². The summed E-state index contributed by atoms with van der Waals surface area (Å²) in [4.78, 5) is 25.2. The zero-order chi connectivity index (χ0) is 29.3. The van der Waals surface area contributed by atoms with E-state index in [9.17, 15) is 14.7 Å². The minimum atomic E-state index is -1.81. The van der Waals surface area contributed by atoms with Gasteiger partial charge in [-0.3, -0.25) is 0 Å². The first-order valence-electron chi connectivity index (χ1n) is 14.1. The second kappa shape index (κ2) is 12.9. The summed E-state index contributed by atoms with van der Waals surface area (Å²) in [5, 5.41) is 21.1. The minimum Gasteiger partial charge on any atom is -1.00 e. The number of hydrogen-bond acceptors (Lipinski definition) is 8. The fraction of sp³-hybridized carbons (Fsp3) is 0.333. The van der Waals surface area contributed by atoms with Gasteiger partial charge in [0.1, 0.15) is 30.5 Å². The predicted molar refractivity (Wildman–Crippen MR) is 163 cm³/mol. The Balaban J connectivity index is 0.00000368. The van der Waals surface area contributed by atoms with Gasteiger partial charge in [-0.05, 0) is 81.7 Å². The van der Waals surface area contributed by atoms with E-state index in [1.54, 1.807) is 29.8 Å². The molecule has 2 aliphatic heterocycles. The van der Waals surface area contributed by atoms with Gasteiger partial charge in [-0.1, -0.05) is 18.2 Å². The van der Waals surface area contributed by atoms with Crippen LogP contribution >= 0.6 is 22.7 Å². The van der Waals surface area contributed by atoms with E-state index < -0.39 is 11.6 Å². The van der Waals surface area contributed by atoms with E-state index >= 15 is 0 Å². The van der Waals surface area contributed by atoms with Crippen molar-refractivity contribution >= 4 is 45.4 Å². The van der Waals surface area contributed by atoms with E-state index in [0.29, 0.717) is 36.3 Å². The van der Waals surface area contributed by atoms with Gasteiger partial charge < -0.3 is 40.8 Å². The molecule has 1 N–H and O–H groups in total. The molecule has 6 rings (SSSR count). The molecular weight excluding hydrogens is 650 g/mol. The van der Waals surface area contributed by atoms with Crippen LogP contribution in [0.2, 0.25) is 0 Å². The smallest absolute Gasteiger partial charge is 0.348 e. The van der Waals surface area contributed by atoms with Crippen molar-refractivity contribution in [2.45, 2.75) is 50.1 Å². The maximum absolute atomic E-state index is 13.5. The number of thiophene rings is 2. The van der Waals surface area contributed by atoms with Gasteiger partial charge in [0.25, 0.3) is 0 Å². The minimum absolute atomic E-state index is 0. The monoisotopic (exact) mass is 683 g/mol. The van der Waals surface area contributed by atoms with Crippen molar-refractivity contribution in [2.24, 2.45) is 0 Å². The molecule has 0 aliphatic carbocycles. The van der Waals surface area contributed by atoms with Crippen LogP contribution in [0, 0.1) is 0 Å². The number of rotatable bonds is 10. The lowest BCUT2D eigenvalue weighted by Crippen LogP contribution is -3.00. The molecule has 7 nitrogen and oxygen atoms in total. The Bertz CT molecular complexity index is 1550. The van der Waals surface area contributed by atoms with Crippen molar-refractivity contribution in [3.8, 4) is 5.75 Å². The average Bonchev–Trinajstić information content (AvgIpc) is 3.74. The topological polar surface area (TPSA) is 82.1 Å². The largest absolute Gasteiger partial charge is 1.00 e. The van der Waals surface area contributed by atoms with E-state index in [1.165, 1.54) is 28.2 Å². The molecule has 43 heavy (non-hydrogen) atoms. The number of likely N-dealkylation sites (N-methyl/N-ethyl adjacent to an activating group) is 1. The molecule has 10 heteroatoms. The van der Waals surface area contributed by atoms with E-state index in [0.717, 1.165) is 21.8 Å². The third-order valence-corrected chi connectivity index (χ3v) is 9.95. The molecule has 1 saturated heterocycles. The van der Waals surface area contributed by atoms with Crippen LogP contribution in [0.3, 0.4) is 0 Å². The Morgan fingerprint density at radius 3 is 2.19 bits per heavy atom. The predicted octanol–water partition coefficient (Wildman–Crippen LogP) is 2.80. The summed E-state index contributed by atoms with van der Waals surface area (Å²) in [6.07, 6.45) is 5.65. The van der Waals surface area contributed by atoms with Crippen molar-refractivity contribution in [2.75, 3.05) is 20.3 Å². The first-order valence-corrected chi connectivity index (χ1v) is 16.0. The second-order valence-corrected chi connectivity index (χ2v) is 12.8. The van der Waals surface area contributed by atoms with Gasteiger partial charge >= 0.3 is 11.9 Å². The molecule has 4 heterocycles. The maximum Gasteiger partial charge on any atom is 0.348 e. The number of ether oxygens (including phenoxy) is 3. The van der Waals surface area contributed by atoms with E-state index in [1.807, 2.05) is 29.0 Å². The fourth-order valence-corrected chi connectivity index (χ4v) is 7.68. The molecule has 2 aliphatic rings. The number of nitrogens with zero attached hydrogens (tertiary/aromatic N) is 1. The van der Waals surface area contributed by atoms with E-state index in [-0.39, 0.29) is 47.7 Å². The summed E-state index contributed by atoms with van der Waals surface area (Å²) in [6, 6.07) is 16.2. The van der Waals surface area contributed by atoms with Gasteiger partial charge in [0, 0.05) is 29.5 Å². The van der Waals surface area contributed by atoms with Crippen LogP contribution in [-0.4, -0.2) is 60.0 Å². The number of esters is 2. The lowest BCUT2D eigenvalue weighted by molar-refractivity contribution is -0.957. The van der Waals surface area contributed by atoms with Gasteiger partial charge in [0.2, 0.25) is 5.60 Å². The number of carbonyl (C=O) groups excluding carboxylic acids is 2. The SMILES string of the molecule is CCOC(=O)COc1ccc2cc(C[N+]3(C)[C@@H]4C=C[C@H]3C[C@@H](OC(=O)C(O)(c3ccsc3)c3ccsc3)C4)ccc2c1.[Br-]. The molecule has 1 unspecified atom stereocenters. The molecule has 2 bridgehead atoms. The van der Waals surface area contributed by atoms with Gasteiger partial charge in [-0.15, -0.1) is 0 Å². The van der Waals surface area contributed by atoms with Crippen molar-refractivity contribution < 1.29 is 50.4 Å². The lowest BCUT2D eigenvalue weighted by Gasteiger charge is -2.47. The van der Waals surface area contributed by atoms with Crippen LogP contribution in [0.15, 0.2) is 82.2 Å². The standard InChI is InChI=1S/C33H34NO6S2.BrH/c1-3-38-31(35)19-39-29-9-6-23-14-22(4-5-24(23)15-29)18-34(2)27-7-8-28(34)17-30(16-27)40-32(36)33(37,25-10-12-41-20-25)26-11-13-42-21-26;/h4-15,20-21,27-28,30,37H,3,16-19H2,1-2H3;1H/q+1;/p-1/t27-,28+,30+,34?;. The first-order chi connectivity index (χ1) is 20.3. The van der Waals surface area contributed by atoms with E-state index in [4.69, 9.17) is 14.2 Å². The highest BCUT2D eigenvalue weighted by molar-refractivity contribution is 7.08. The zero-order valence-electron chi connectivity index (χ0n) is 24.0. The number of quaternary nitrogens is 1. The summed E-state index contributed by atoms with van der Waals surface area (Å²) in [6.45, 7) is 2.83. The van der Waals surface area contributed by atoms with Crippen molar-refractivity contribution in [1.82, 2.24) is 0 Å². The molecule has 0 spiro atoms. The highest BCUT2D eigenvalue weighted by atomic mass is 79.9. The number of halogens is 1. The first kappa shape index (κ1) is 31.4. The van der Waals surface area contributed by atoms with Crippen LogP contribution in [0.5, 0.6) is 5.75 Å². The van der Waals surface area contributed by atoms with Crippen LogP contribution < -0.4 is 21.7 Å². The normalized spacial score (nSPS) is 22.6. The molecule has 0 amide bonds. The van der Waals surface area contributed by atoms with Gasteiger partial charge in [-0.2, -0.15) is 22.7 Å². The van der Waals surface area contributed by atoms with Crippen LogP contribution in [0.4, 0.5) is 0 Å². The Morgan fingerprint density at radius 1 is 0.953 bits per heavy atom. The third-order valence-electron chi connectivity index (χ3n) is 8.59. The number of fused-ring (bicyclic) bond motifs is 3. The molecule has 1 fully saturated rings. The summed E-state index contributed by atoms with van der Waals surface area (Å²) in [5.74, 6) is -0.363. The van der Waals surface area contributed by atoms with Crippen LogP contribution in [-0.2, 0) is 31.2 Å². The van der Waals surface area contributed by atoms with Crippen molar-refractivity contribution in [1.29, 1.82) is 0 Å². The molecule has 2 aromatic carbocycles. The molecule has 4 atom stereocenters. The highest BCUT2D eigenvalue weighted by Crippen LogP contribution is 2.41. The quantitative estimate of drug-likeness (QED) is 0.157. The fourth-order valence-electron chi connectivity index (χ4n) is 6.28. The summed E-state index contributed by atoms with van der Waals surface area (Å²) >= 11 is 2.89. The van der Waals surface area contributed by atoms with E-state index in [2.05, 4.69) is 37.4 Å². The number of hydrogen-bond donors (Lipinski definition) is 1. The Kier molecular flexibility index (Phi) is 9.43. The summed E-state index contributed by atoms with van der Waals surface area (Å²) < 4.78 is 17.4. The van der Waals surface area contributed by atoms with Gasteiger partial charge in [0.05, 0.1) is 13.7 Å².